The maximum atomic E-state index is 8.74. The van der Waals surface area contributed by atoms with Crippen LogP contribution in [0, 0.1) is 11.3 Å². The largest absolute Gasteiger partial charge is 0.485 e. The van der Waals surface area contributed by atoms with Crippen molar-refractivity contribution in [3.8, 4) is 23.3 Å². The van der Waals surface area contributed by atoms with Crippen LogP contribution in [0.1, 0.15) is 11.4 Å². The summed E-state index contributed by atoms with van der Waals surface area (Å²) in [5.41, 5.74) is 1.26. The van der Waals surface area contributed by atoms with Gasteiger partial charge in [-0.3, -0.25) is 0 Å². The smallest absolute Gasteiger partial charge is 0.259 e. The molecule has 5 nitrogen and oxygen atoms in total. The SMILES string of the molecule is N#Cc1ccc(OCc2noc(-c3ccccc3Cl)n2)cc1. The quantitative estimate of drug-likeness (QED) is 0.732. The van der Waals surface area contributed by atoms with Gasteiger partial charge < -0.3 is 9.26 Å². The van der Waals surface area contributed by atoms with Gasteiger partial charge in [-0.25, -0.2) is 0 Å². The summed E-state index contributed by atoms with van der Waals surface area (Å²) in [5, 5.41) is 13.1. The van der Waals surface area contributed by atoms with Crippen molar-refractivity contribution in [1.29, 1.82) is 5.26 Å². The number of aromatic nitrogens is 2. The fraction of sp³-hybridized carbons (Fsp3) is 0.0625. The Kier molecular flexibility index (Phi) is 4.03. The van der Waals surface area contributed by atoms with Crippen LogP contribution in [-0.2, 0) is 6.61 Å². The first kappa shape index (κ1) is 14.1. The Balaban J connectivity index is 1.69. The molecule has 0 bridgehead atoms. The summed E-state index contributed by atoms with van der Waals surface area (Å²) in [6, 6.07) is 16.1. The Morgan fingerprint density at radius 3 is 2.64 bits per heavy atom. The van der Waals surface area contributed by atoms with Gasteiger partial charge in [0.15, 0.2) is 6.61 Å². The Bertz CT molecular complexity index is 822. The number of hydrogen-bond donors (Lipinski definition) is 0. The number of benzene rings is 2. The van der Waals surface area contributed by atoms with Crippen LogP contribution in [0.4, 0.5) is 0 Å². The van der Waals surface area contributed by atoms with E-state index in [9.17, 15) is 0 Å². The molecule has 0 aliphatic heterocycles. The van der Waals surface area contributed by atoms with Gasteiger partial charge in [0.2, 0.25) is 5.82 Å². The zero-order valence-electron chi connectivity index (χ0n) is 11.4. The van der Waals surface area contributed by atoms with Crippen molar-refractivity contribution in [3.63, 3.8) is 0 Å². The number of halogens is 1. The minimum atomic E-state index is 0.167. The highest BCUT2D eigenvalue weighted by atomic mass is 35.5. The first-order valence-electron chi connectivity index (χ1n) is 6.47. The molecule has 0 aliphatic rings. The average molecular weight is 312 g/mol. The molecule has 1 aromatic heterocycles. The van der Waals surface area contributed by atoms with Crippen LogP contribution < -0.4 is 4.74 Å². The molecule has 0 spiro atoms. The molecule has 0 unspecified atom stereocenters. The number of ether oxygens (including phenoxy) is 1. The third kappa shape index (κ3) is 3.08. The standard InChI is InChI=1S/C16H10ClN3O2/c17-14-4-2-1-3-13(14)16-19-15(20-22-16)10-21-12-7-5-11(9-18)6-8-12/h1-8H,10H2. The first-order valence-corrected chi connectivity index (χ1v) is 6.84. The second kappa shape index (κ2) is 6.29. The number of rotatable bonds is 4. The Morgan fingerprint density at radius 2 is 1.91 bits per heavy atom. The van der Waals surface area contributed by atoms with Crippen molar-refractivity contribution >= 4 is 11.6 Å². The van der Waals surface area contributed by atoms with Crippen LogP contribution in [0.25, 0.3) is 11.5 Å². The normalized spacial score (nSPS) is 10.2. The third-order valence-corrected chi connectivity index (χ3v) is 3.25. The summed E-state index contributed by atoms with van der Waals surface area (Å²) < 4.78 is 10.7. The summed E-state index contributed by atoms with van der Waals surface area (Å²) >= 11 is 6.08. The molecule has 0 radical (unpaired) electrons. The lowest BCUT2D eigenvalue weighted by Crippen LogP contribution is -1.97. The van der Waals surface area contributed by atoms with Crippen molar-refractivity contribution < 1.29 is 9.26 Å². The van der Waals surface area contributed by atoms with Gasteiger partial charge in [-0.1, -0.05) is 28.9 Å². The lowest BCUT2D eigenvalue weighted by molar-refractivity contribution is 0.287. The molecule has 1 heterocycles. The van der Waals surface area contributed by atoms with Crippen molar-refractivity contribution in [3.05, 3.63) is 64.9 Å². The molecule has 0 aliphatic carbocycles. The molecule has 2 aromatic carbocycles. The van der Waals surface area contributed by atoms with Crippen molar-refractivity contribution in [2.75, 3.05) is 0 Å². The van der Waals surface area contributed by atoms with Gasteiger partial charge in [-0.05, 0) is 36.4 Å². The van der Waals surface area contributed by atoms with Crippen LogP contribution in [0.2, 0.25) is 5.02 Å². The molecular formula is C16H10ClN3O2. The highest BCUT2D eigenvalue weighted by molar-refractivity contribution is 6.33. The molecule has 0 saturated carbocycles. The monoisotopic (exact) mass is 311 g/mol. The van der Waals surface area contributed by atoms with E-state index >= 15 is 0 Å². The van der Waals surface area contributed by atoms with E-state index in [2.05, 4.69) is 10.1 Å². The van der Waals surface area contributed by atoms with E-state index in [1.54, 1.807) is 36.4 Å². The maximum Gasteiger partial charge on any atom is 0.259 e. The van der Waals surface area contributed by atoms with Crippen LogP contribution in [-0.4, -0.2) is 10.1 Å². The van der Waals surface area contributed by atoms with Crippen LogP contribution in [0.15, 0.2) is 53.1 Å². The number of nitrogens with zero attached hydrogens (tertiary/aromatic N) is 3. The average Bonchev–Trinajstić information content (AvgIpc) is 3.02. The lowest BCUT2D eigenvalue weighted by atomic mass is 10.2. The molecule has 3 rings (SSSR count). The lowest BCUT2D eigenvalue weighted by Gasteiger charge is -2.02. The second-order valence-corrected chi connectivity index (χ2v) is 4.83. The summed E-state index contributed by atoms with van der Waals surface area (Å²) in [7, 11) is 0. The van der Waals surface area contributed by atoms with E-state index in [0.717, 1.165) is 0 Å². The topological polar surface area (TPSA) is 71.9 Å². The second-order valence-electron chi connectivity index (χ2n) is 4.42. The minimum absolute atomic E-state index is 0.167. The summed E-state index contributed by atoms with van der Waals surface area (Å²) in [4.78, 5) is 4.25. The van der Waals surface area contributed by atoms with Gasteiger partial charge in [-0.15, -0.1) is 0 Å². The van der Waals surface area contributed by atoms with Crippen LogP contribution in [0.5, 0.6) is 5.75 Å². The zero-order chi connectivity index (χ0) is 15.4. The molecule has 0 saturated heterocycles. The van der Waals surface area contributed by atoms with Gasteiger partial charge in [0.1, 0.15) is 5.75 Å². The van der Waals surface area contributed by atoms with Crippen molar-refractivity contribution in [2.24, 2.45) is 0 Å². The maximum absolute atomic E-state index is 8.74. The Hall–Kier alpha value is -2.84. The molecule has 22 heavy (non-hydrogen) atoms. The van der Waals surface area contributed by atoms with Crippen LogP contribution in [0.3, 0.4) is 0 Å². The fourth-order valence-corrected chi connectivity index (χ4v) is 2.05. The molecule has 6 heteroatoms. The molecular weight excluding hydrogens is 302 g/mol. The highest BCUT2D eigenvalue weighted by Gasteiger charge is 2.12. The molecule has 0 atom stereocenters. The highest BCUT2D eigenvalue weighted by Crippen LogP contribution is 2.26. The van der Waals surface area contributed by atoms with Gasteiger partial charge in [0.25, 0.3) is 5.89 Å². The predicted molar refractivity (Wildman–Crippen MR) is 80.2 cm³/mol. The van der Waals surface area contributed by atoms with E-state index in [0.29, 0.717) is 33.6 Å². The van der Waals surface area contributed by atoms with Gasteiger partial charge in [-0.2, -0.15) is 10.2 Å². The summed E-state index contributed by atoms with van der Waals surface area (Å²) in [6.45, 7) is 0.167. The van der Waals surface area contributed by atoms with Crippen molar-refractivity contribution in [1.82, 2.24) is 10.1 Å². The summed E-state index contributed by atoms with van der Waals surface area (Å²) in [5.74, 6) is 1.39. The zero-order valence-corrected chi connectivity index (χ0v) is 12.1. The van der Waals surface area contributed by atoms with Crippen LogP contribution >= 0.6 is 11.6 Å². The third-order valence-electron chi connectivity index (χ3n) is 2.92. The molecule has 0 fully saturated rings. The molecule has 0 amide bonds. The van der Waals surface area contributed by atoms with Gasteiger partial charge in [0, 0.05) is 0 Å². The molecule has 0 N–H and O–H groups in total. The first-order chi connectivity index (χ1) is 10.8. The predicted octanol–water partition coefficient (Wildman–Crippen LogP) is 3.84. The van der Waals surface area contributed by atoms with Crippen molar-refractivity contribution in [2.45, 2.75) is 6.61 Å². The van der Waals surface area contributed by atoms with Gasteiger partial charge in [0.05, 0.1) is 22.2 Å². The number of nitriles is 1. The van der Waals surface area contributed by atoms with E-state index in [-0.39, 0.29) is 6.61 Å². The Labute approximate surface area is 131 Å². The molecule has 108 valence electrons. The van der Waals surface area contributed by atoms with E-state index in [1.807, 2.05) is 18.2 Å². The summed E-state index contributed by atoms with van der Waals surface area (Å²) in [6.07, 6.45) is 0. The molecule has 3 aromatic rings. The van der Waals surface area contributed by atoms with Gasteiger partial charge >= 0.3 is 0 Å². The van der Waals surface area contributed by atoms with E-state index in [4.69, 9.17) is 26.1 Å². The minimum Gasteiger partial charge on any atom is -0.485 e. The Morgan fingerprint density at radius 1 is 1.14 bits per heavy atom. The van der Waals surface area contributed by atoms with E-state index < -0.39 is 0 Å². The number of hydrogen-bond acceptors (Lipinski definition) is 5. The fourth-order valence-electron chi connectivity index (χ4n) is 1.83. The van der Waals surface area contributed by atoms with E-state index in [1.165, 1.54) is 0 Å².